The summed E-state index contributed by atoms with van der Waals surface area (Å²) in [6.07, 6.45) is 1.87. The third-order valence-electron chi connectivity index (χ3n) is 2.12. The van der Waals surface area contributed by atoms with Gasteiger partial charge in [-0.25, -0.2) is 9.97 Å². The number of benzene rings is 1. The maximum absolute atomic E-state index is 6.11. The van der Waals surface area contributed by atoms with Gasteiger partial charge < -0.3 is 0 Å². The van der Waals surface area contributed by atoms with Gasteiger partial charge in [0.05, 0.1) is 5.56 Å². The molecule has 0 bridgehead atoms. The van der Waals surface area contributed by atoms with Gasteiger partial charge in [0.25, 0.3) is 0 Å². The highest BCUT2D eigenvalue weighted by Crippen LogP contribution is 2.34. The summed E-state index contributed by atoms with van der Waals surface area (Å²) in [5, 5.41) is 1.90. The normalized spacial score (nSPS) is 10.6. The van der Waals surface area contributed by atoms with Crippen LogP contribution < -0.4 is 0 Å². The molecular formula is C11H7Cl3N2S. The first-order valence-corrected chi connectivity index (χ1v) is 7.00. The number of hydrogen-bond donors (Lipinski definition) is 0. The van der Waals surface area contributed by atoms with Gasteiger partial charge in [-0.1, -0.05) is 58.7 Å². The first-order chi connectivity index (χ1) is 8.11. The van der Waals surface area contributed by atoms with Crippen molar-refractivity contribution in [3.8, 4) is 11.1 Å². The molecule has 0 radical (unpaired) electrons. The fraction of sp³-hybridized carbons (Fsp3) is 0.0909. The predicted molar refractivity (Wildman–Crippen MR) is 74.3 cm³/mol. The molecule has 88 valence electrons. The Kier molecular flexibility index (Phi) is 4.15. The molecule has 0 saturated carbocycles. The molecule has 17 heavy (non-hydrogen) atoms. The zero-order valence-electron chi connectivity index (χ0n) is 8.75. The Morgan fingerprint density at radius 3 is 1.94 bits per heavy atom. The second kappa shape index (κ2) is 5.44. The molecule has 0 fully saturated rings. The van der Waals surface area contributed by atoms with Crippen LogP contribution in [-0.4, -0.2) is 16.2 Å². The quantitative estimate of drug-likeness (QED) is 0.452. The summed E-state index contributed by atoms with van der Waals surface area (Å²) in [5.41, 5.74) is 1.47. The van der Waals surface area contributed by atoms with Crippen molar-refractivity contribution in [3.63, 3.8) is 0 Å². The highest BCUT2D eigenvalue weighted by Gasteiger charge is 2.13. The smallest absolute Gasteiger partial charge is 0.190 e. The van der Waals surface area contributed by atoms with Gasteiger partial charge in [0.15, 0.2) is 5.16 Å². The SMILES string of the molecule is CSc1nc(Cl)c(-c2ccc(Cl)cc2)c(Cl)n1. The van der Waals surface area contributed by atoms with Crippen molar-refractivity contribution in [1.29, 1.82) is 0 Å². The van der Waals surface area contributed by atoms with Gasteiger partial charge in [0.1, 0.15) is 10.3 Å². The lowest BCUT2D eigenvalue weighted by atomic mass is 10.1. The summed E-state index contributed by atoms with van der Waals surface area (Å²) >= 11 is 19.4. The number of nitrogens with zero attached hydrogens (tertiary/aromatic N) is 2. The maximum atomic E-state index is 6.11. The van der Waals surface area contributed by atoms with Gasteiger partial charge in [-0.3, -0.25) is 0 Å². The van der Waals surface area contributed by atoms with Gasteiger partial charge in [0, 0.05) is 5.02 Å². The number of hydrogen-bond acceptors (Lipinski definition) is 3. The van der Waals surface area contributed by atoms with Crippen molar-refractivity contribution in [2.45, 2.75) is 5.16 Å². The van der Waals surface area contributed by atoms with E-state index in [-0.39, 0.29) is 0 Å². The molecule has 0 atom stereocenters. The van der Waals surface area contributed by atoms with Crippen LogP contribution in [0, 0.1) is 0 Å². The molecule has 6 heteroatoms. The number of aromatic nitrogens is 2. The first kappa shape index (κ1) is 13.0. The second-order valence-electron chi connectivity index (χ2n) is 3.17. The van der Waals surface area contributed by atoms with Crippen molar-refractivity contribution in [1.82, 2.24) is 9.97 Å². The third kappa shape index (κ3) is 2.86. The van der Waals surface area contributed by atoms with Crippen LogP contribution in [0.4, 0.5) is 0 Å². The minimum atomic E-state index is 0.344. The molecular weight excluding hydrogens is 299 g/mol. The van der Waals surface area contributed by atoms with Crippen molar-refractivity contribution >= 4 is 46.6 Å². The van der Waals surface area contributed by atoms with E-state index in [1.807, 2.05) is 18.4 Å². The monoisotopic (exact) mass is 304 g/mol. The Hall–Kier alpha value is -0.480. The van der Waals surface area contributed by atoms with E-state index in [0.717, 1.165) is 5.56 Å². The van der Waals surface area contributed by atoms with E-state index in [4.69, 9.17) is 34.8 Å². The van der Waals surface area contributed by atoms with Crippen LogP contribution >= 0.6 is 46.6 Å². The lowest BCUT2D eigenvalue weighted by molar-refractivity contribution is 0.974. The third-order valence-corrected chi connectivity index (χ3v) is 3.46. The maximum Gasteiger partial charge on any atom is 0.190 e. The molecule has 2 nitrogen and oxygen atoms in total. The Bertz CT molecular complexity index is 520. The van der Waals surface area contributed by atoms with E-state index in [1.54, 1.807) is 12.1 Å². The van der Waals surface area contributed by atoms with Gasteiger partial charge >= 0.3 is 0 Å². The predicted octanol–water partition coefficient (Wildman–Crippen LogP) is 4.83. The molecule has 0 aliphatic carbocycles. The molecule has 1 aromatic carbocycles. The zero-order chi connectivity index (χ0) is 12.4. The molecule has 0 N–H and O–H groups in total. The van der Waals surface area contributed by atoms with Gasteiger partial charge in [-0.15, -0.1) is 0 Å². The summed E-state index contributed by atoms with van der Waals surface area (Å²) < 4.78 is 0. The van der Waals surface area contributed by atoms with Crippen LogP contribution in [0.5, 0.6) is 0 Å². The molecule has 1 heterocycles. The van der Waals surface area contributed by atoms with E-state index in [2.05, 4.69) is 9.97 Å². The minimum Gasteiger partial charge on any atom is -0.210 e. The lowest BCUT2D eigenvalue weighted by Gasteiger charge is -2.07. The Morgan fingerprint density at radius 2 is 1.47 bits per heavy atom. The molecule has 2 rings (SSSR count). The standard InChI is InChI=1S/C11H7Cl3N2S/c1-17-11-15-9(13)8(10(14)16-11)6-2-4-7(12)5-3-6/h2-5H,1H3. The average Bonchev–Trinajstić information content (AvgIpc) is 2.30. The molecule has 0 spiro atoms. The Morgan fingerprint density at radius 1 is 0.941 bits per heavy atom. The summed E-state index contributed by atoms with van der Waals surface area (Å²) in [6, 6.07) is 7.20. The molecule has 0 amide bonds. The average molecular weight is 306 g/mol. The Labute approximate surface area is 118 Å². The number of thioether (sulfide) groups is 1. The van der Waals surface area contributed by atoms with E-state index >= 15 is 0 Å². The van der Waals surface area contributed by atoms with Crippen LogP contribution in [-0.2, 0) is 0 Å². The Balaban J connectivity index is 2.55. The fourth-order valence-corrected chi connectivity index (χ4v) is 2.53. The lowest BCUT2D eigenvalue weighted by Crippen LogP contribution is -1.92. The summed E-state index contributed by atoms with van der Waals surface area (Å²) in [7, 11) is 0. The van der Waals surface area contributed by atoms with Gasteiger partial charge in [-0.2, -0.15) is 0 Å². The summed E-state index contributed by atoms with van der Waals surface area (Å²) in [6.45, 7) is 0. The van der Waals surface area contributed by atoms with Crippen LogP contribution in [0.25, 0.3) is 11.1 Å². The van der Waals surface area contributed by atoms with E-state index in [0.29, 0.717) is 26.0 Å². The van der Waals surface area contributed by atoms with Crippen LogP contribution in [0.2, 0.25) is 15.3 Å². The summed E-state index contributed by atoms with van der Waals surface area (Å²) in [4.78, 5) is 8.30. The van der Waals surface area contributed by atoms with E-state index in [9.17, 15) is 0 Å². The molecule has 0 unspecified atom stereocenters. The fourth-order valence-electron chi connectivity index (χ4n) is 1.34. The molecule has 0 aliphatic heterocycles. The van der Waals surface area contributed by atoms with Crippen LogP contribution in [0.15, 0.2) is 29.4 Å². The highest BCUT2D eigenvalue weighted by atomic mass is 35.5. The number of rotatable bonds is 2. The van der Waals surface area contributed by atoms with E-state index in [1.165, 1.54) is 11.8 Å². The first-order valence-electron chi connectivity index (χ1n) is 4.65. The molecule has 2 aromatic rings. The molecule has 0 aliphatic rings. The highest BCUT2D eigenvalue weighted by molar-refractivity contribution is 7.98. The molecule has 0 saturated heterocycles. The van der Waals surface area contributed by atoms with Crippen molar-refractivity contribution in [2.24, 2.45) is 0 Å². The number of halogens is 3. The molecule has 1 aromatic heterocycles. The van der Waals surface area contributed by atoms with E-state index < -0.39 is 0 Å². The second-order valence-corrected chi connectivity index (χ2v) is 5.10. The van der Waals surface area contributed by atoms with Gasteiger partial charge in [0.2, 0.25) is 0 Å². The van der Waals surface area contributed by atoms with Crippen LogP contribution in [0.1, 0.15) is 0 Å². The van der Waals surface area contributed by atoms with Crippen molar-refractivity contribution in [2.75, 3.05) is 6.26 Å². The largest absolute Gasteiger partial charge is 0.210 e. The van der Waals surface area contributed by atoms with Gasteiger partial charge in [-0.05, 0) is 24.0 Å². The minimum absolute atomic E-state index is 0.344. The van der Waals surface area contributed by atoms with Crippen LogP contribution in [0.3, 0.4) is 0 Å². The van der Waals surface area contributed by atoms with Crippen molar-refractivity contribution in [3.05, 3.63) is 39.6 Å². The van der Waals surface area contributed by atoms with Crippen molar-refractivity contribution < 1.29 is 0 Å². The zero-order valence-corrected chi connectivity index (χ0v) is 11.8. The summed E-state index contributed by atoms with van der Waals surface area (Å²) in [5.74, 6) is 0. The topological polar surface area (TPSA) is 25.8 Å².